The Kier molecular flexibility index (Phi) is 5.29. The van der Waals surface area contributed by atoms with Gasteiger partial charge in [0.1, 0.15) is 11.6 Å². The first kappa shape index (κ1) is 18.7. The normalized spacial score (nSPS) is 12.3. The van der Waals surface area contributed by atoms with Crippen LogP contribution in [0.1, 0.15) is 11.1 Å². The molecule has 0 unspecified atom stereocenters. The van der Waals surface area contributed by atoms with Crippen LogP contribution in [0.15, 0.2) is 48.5 Å². The first-order valence-corrected chi connectivity index (χ1v) is 9.37. The van der Waals surface area contributed by atoms with Gasteiger partial charge in [0.05, 0.1) is 26.3 Å². The summed E-state index contributed by atoms with van der Waals surface area (Å²) in [4.78, 5) is 20.4. The van der Waals surface area contributed by atoms with E-state index in [0.29, 0.717) is 24.8 Å². The number of nitrogens with one attached hydrogen (secondary N) is 2. The van der Waals surface area contributed by atoms with Crippen LogP contribution in [0.25, 0.3) is 11.3 Å². The average Bonchev–Trinajstić information content (AvgIpc) is 3.13. The van der Waals surface area contributed by atoms with Gasteiger partial charge in [-0.2, -0.15) is 9.97 Å². The number of hydrogen-bond acceptors (Lipinski definition) is 6. The Labute approximate surface area is 169 Å². The number of rotatable bonds is 7. The second-order valence-corrected chi connectivity index (χ2v) is 6.75. The van der Waals surface area contributed by atoms with Crippen molar-refractivity contribution < 1.29 is 14.3 Å². The van der Waals surface area contributed by atoms with Crippen LogP contribution >= 0.6 is 0 Å². The van der Waals surface area contributed by atoms with Crippen LogP contribution < -0.4 is 20.1 Å². The maximum Gasteiger partial charge on any atom is 0.318 e. The first-order valence-electron chi connectivity index (χ1n) is 9.37. The molecule has 2 aromatic carbocycles. The average molecular weight is 390 g/mol. The third kappa shape index (κ3) is 4.29. The van der Waals surface area contributed by atoms with E-state index >= 15 is 0 Å². The molecule has 0 saturated carbocycles. The fourth-order valence-electron chi connectivity index (χ4n) is 3.26. The Morgan fingerprint density at radius 3 is 2.62 bits per heavy atom. The van der Waals surface area contributed by atoms with Crippen LogP contribution in [0.2, 0.25) is 0 Å². The molecule has 7 nitrogen and oxygen atoms in total. The number of methoxy groups -OCH3 is 2. The molecule has 29 heavy (non-hydrogen) atoms. The predicted molar refractivity (Wildman–Crippen MR) is 112 cm³/mol. The molecule has 148 valence electrons. The summed E-state index contributed by atoms with van der Waals surface area (Å²) in [5.74, 6) is 1.54. The number of anilines is 2. The van der Waals surface area contributed by atoms with E-state index in [4.69, 9.17) is 9.47 Å². The highest BCUT2D eigenvalue weighted by molar-refractivity contribution is 5.99. The molecule has 1 aliphatic rings. The van der Waals surface area contributed by atoms with Gasteiger partial charge in [-0.3, -0.25) is 4.79 Å². The monoisotopic (exact) mass is 390 g/mol. The van der Waals surface area contributed by atoms with Gasteiger partial charge in [0.15, 0.2) is 0 Å². The summed E-state index contributed by atoms with van der Waals surface area (Å²) >= 11 is 0. The third-order valence-corrected chi connectivity index (χ3v) is 4.80. The highest BCUT2D eigenvalue weighted by Gasteiger charge is 2.18. The minimum Gasteiger partial charge on any atom is -0.497 e. The molecular weight excluding hydrogens is 368 g/mol. The lowest BCUT2D eigenvalue weighted by Crippen LogP contribution is -2.08. The van der Waals surface area contributed by atoms with Crippen molar-refractivity contribution >= 4 is 17.4 Å². The molecule has 0 saturated heterocycles. The molecule has 3 aromatic rings. The van der Waals surface area contributed by atoms with Crippen molar-refractivity contribution in [2.45, 2.75) is 12.8 Å². The highest BCUT2D eigenvalue weighted by Crippen LogP contribution is 2.30. The SMILES string of the molecule is COc1ccc(CCNc2cc(-c3ccc4c(c3)NC(=O)C4)nc(OC)n2)cc1. The van der Waals surface area contributed by atoms with Crippen molar-refractivity contribution in [1.82, 2.24) is 9.97 Å². The molecular formula is C22H22N4O3. The molecule has 4 rings (SSSR count). The summed E-state index contributed by atoms with van der Waals surface area (Å²) in [7, 11) is 3.20. The molecule has 2 heterocycles. The van der Waals surface area contributed by atoms with E-state index in [1.165, 1.54) is 5.56 Å². The first-order chi connectivity index (χ1) is 14.1. The number of nitrogens with zero attached hydrogens (tertiary/aromatic N) is 2. The number of amides is 1. The summed E-state index contributed by atoms with van der Waals surface area (Å²) in [6, 6.07) is 16.0. The van der Waals surface area contributed by atoms with E-state index in [-0.39, 0.29) is 5.91 Å². The number of benzene rings is 2. The van der Waals surface area contributed by atoms with Gasteiger partial charge in [-0.05, 0) is 35.7 Å². The molecule has 0 radical (unpaired) electrons. The zero-order valence-electron chi connectivity index (χ0n) is 16.4. The van der Waals surface area contributed by atoms with Crippen molar-refractivity contribution in [2.75, 3.05) is 31.4 Å². The van der Waals surface area contributed by atoms with Gasteiger partial charge in [-0.15, -0.1) is 0 Å². The smallest absolute Gasteiger partial charge is 0.318 e. The molecule has 0 atom stereocenters. The number of hydrogen-bond donors (Lipinski definition) is 2. The van der Waals surface area contributed by atoms with E-state index in [9.17, 15) is 4.79 Å². The zero-order valence-corrected chi connectivity index (χ0v) is 16.4. The van der Waals surface area contributed by atoms with Crippen molar-refractivity contribution in [3.8, 4) is 23.0 Å². The Bertz CT molecular complexity index is 1030. The lowest BCUT2D eigenvalue weighted by molar-refractivity contribution is -0.115. The second kappa shape index (κ2) is 8.18. The fraction of sp³-hybridized carbons (Fsp3) is 0.227. The summed E-state index contributed by atoms with van der Waals surface area (Å²) in [6.07, 6.45) is 1.26. The van der Waals surface area contributed by atoms with Gasteiger partial charge in [-0.1, -0.05) is 24.3 Å². The van der Waals surface area contributed by atoms with Crippen LogP contribution in [0, 0.1) is 0 Å². The molecule has 0 bridgehead atoms. The topological polar surface area (TPSA) is 85.4 Å². The summed E-state index contributed by atoms with van der Waals surface area (Å²) in [5, 5.41) is 6.21. The Morgan fingerprint density at radius 2 is 1.86 bits per heavy atom. The second-order valence-electron chi connectivity index (χ2n) is 6.75. The van der Waals surface area contributed by atoms with Crippen LogP contribution in [-0.4, -0.2) is 36.6 Å². The van der Waals surface area contributed by atoms with Crippen LogP contribution in [0.4, 0.5) is 11.5 Å². The predicted octanol–water partition coefficient (Wildman–Crippen LogP) is 3.31. The van der Waals surface area contributed by atoms with E-state index in [0.717, 1.165) is 34.7 Å². The Hall–Kier alpha value is -3.61. The van der Waals surface area contributed by atoms with Gasteiger partial charge >= 0.3 is 6.01 Å². The Balaban J connectivity index is 1.49. The summed E-state index contributed by atoms with van der Waals surface area (Å²) < 4.78 is 10.5. The molecule has 1 aromatic heterocycles. The maximum atomic E-state index is 11.6. The molecule has 0 aliphatic carbocycles. The molecule has 0 fully saturated rings. The quantitative estimate of drug-likeness (QED) is 0.644. The molecule has 7 heteroatoms. The Morgan fingerprint density at radius 1 is 1.03 bits per heavy atom. The van der Waals surface area contributed by atoms with Gasteiger partial charge in [-0.25, -0.2) is 0 Å². The number of ether oxygens (including phenoxy) is 2. The van der Waals surface area contributed by atoms with Gasteiger partial charge < -0.3 is 20.1 Å². The number of carbonyl (C=O) groups excluding carboxylic acids is 1. The van der Waals surface area contributed by atoms with Crippen LogP contribution in [0.5, 0.6) is 11.8 Å². The van der Waals surface area contributed by atoms with E-state index in [2.05, 4.69) is 20.6 Å². The van der Waals surface area contributed by atoms with E-state index < -0.39 is 0 Å². The highest BCUT2D eigenvalue weighted by atomic mass is 16.5. The minimum atomic E-state index is 0.0123. The fourth-order valence-corrected chi connectivity index (χ4v) is 3.26. The van der Waals surface area contributed by atoms with Gasteiger partial charge in [0, 0.05) is 23.9 Å². The molecule has 1 amide bonds. The maximum absolute atomic E-state index is 11.6. The van der Waals surface area contributed by atoms with Crippen molar-refractivity contribution in [1.29, 1.82) is 0 Å². The number of fused-ring (bicyclic) bond motifs is 1. The lowest BCUT2D eigenvalue weighted by atomic mass is 10.1. The third-order valence-electron chi connectivity index (χ3n) is 4.80. The van der Waals surface area contributed by atoms with Gasteiger partial charge in [0.25, 0.3) is 0 Å². The molecule has 0 spiro atoms. The van der Waals surface area contributed by atoms with Crippen molar-refractivity contribution in [3.05, 3.63) is 59.7 Å². The lowest BCUT2D eigenvalue weighted by Gasteiger charge is -2.10. The van der Waals surface area contributed by atoms with Crippen LogP contribution in [0.3, 0.4) is 0 Å². The molecule has 2 N–H and O–H groups in total. The molecule has 1 aliphatic heterocycles. The van der Waals surface area contributed by atoms with E-state index in [1.54, 1.807) is 14.2 Å². The van der Waals surface area contributed by atoms with E-state index in [1.807, 2.05) is 48.5 Å². The van der Waals surface area contributed by atoms with Gasteiger partial charge in [0.2, 0.25) is 5.91 Å². The van der Waals surface area contributed by atoms with Crippen molar-refractivity contribution in [2.24, 2.45) is 0 Å². The largest absolute Gasteiger partial charge is 0.497 e. The summed E-state index contributed by atoms with van der Waals surface area (Å²) in [6.45, 7) is 0.714. The minimum absolute atomic E-state index is 0.0123. The van der Waals surface area contributed by atoms with Crippen LogP contribution in [-0.2, 0) is 17.6 Å². The zero-order chi connectivity index (χ0) is 20.2. The number of carbonyl (C=O) groups is 1. The summed E-state index contributed by atoms with van der Waals surface area (Å²) in [5.41, 5.74) is 4.66. The standard InChI is InChI=1S/C22H22N4O3/c1-28-17-7-3-14(4-8-17)9-10-23-20-13-19(25-22(26-20)29-2)15-5-6-16-12-21(27)24-18(16)11-15/h3-8,11,13H,9-10,12H2,1-2H3,(H,24,27)(H,23,25,26). The van der Waals surface area contributed by atoms with Crippen molar-refractivity contribution in [3.63, 3.8) is 0 Å². The number of aromatic nitrogens is 2.